The third-order valence-corrected chi connectivity index (χ3v) is 6.61. The highest BCUT2D eigenvalue weighted by Gasteiger charge is 2.26. The van der Waals surface area contributed by atoms with Crippen molar-refractivity contribution in [1.29, 1.82) is 5.41 Å². The molecule has 6 N–H and O–H groups in total. The van der Waals surface area contributed by atoms with Crippen LogP contribution in [-0.2, 0) is 13.0 Å². The largest absolute Gasteiger partial charge is 0.493 e. The van der Waals surface area contributed by atoms with E-state index in [0.29, 0.717) is 36.2 Å². The number of methoxy groups -OCH3 is 1. The van der Waals surface area contributed by atoms with Gasteiger partial charge >= 0.3 is 5.69 Å². The van der Waals surface area contributed by atoms with Gasteiger partial charge in [-0.15, -0.1) is 5.10 Å². The van der Waals surface area contributed by atoms with E-state index in [1.165, 1.54) is 4.68 Å². The van der Waals surface area contributed by atoms with Crippen LogP contribution in [0.2, 0.25) is 0 Å². The molecule has 37 heavy (non-hydrogen) atoms. The number of hydrogen-bond acceptors (Lipinski definition) is 8. The number of rotatable bonds is 6. The minimum atomic E-state index is -0.535. The summed E-state index contributed by atoms with van der Waals surface area (Å²) in [5.74, 6) is 2.43. The van der Waals surface area contributed by atoms with Crippen LogP contribution in [0.3, 0.4) is 0 Å². The van der Waals surface area contributed by atoms with E-state index in [0.717, 1.165) is 46.5 Å². The number of hydrogen-bond donors (Lipinski definition) is 5. The normalized spacial score (nSPS) is 14.8. The molecule has 2 aliphatic rings. The van der Waals surface area contributed by atoms with Crippen LogP contribution in [0.15, 0.2) is 53.5 Å². The Labute approximate surface area is 212 Å². The molecule has 0 amide bonds. The molecule has 11 nitrogen and oxygen atoms in total. The lowest BCUT2D eigenvalue weighted by atomic mass is 9.97. The molecule has 188 valence electrons. The van der Waals surface area contributed by atoms with Gasteiger partial charge in [0.1, 0.15) is 11.9 Å². The van der Waals surface area contributed by atoms with Crippen LogP contribution in [0.5, 0.6) is 11.5 Å². The second kappa shape index (κ2) is 9.01. The first kappa shape index (κ1) is 22.7. The molecule has 0 saturated carbocycles. The van der Waals surface area contributed by atoms with Crippen LogP contribution in [0.1, 0.15) is 40.5 Å². The van der Waals surface area contributed by atoms with Crippen molar-refractivity contribution in [2.45, 2.75) is 25.4 Å². The van der Waals surface area contributed by atoms with Crippen molar-refractivity contribution in [3.8, 4) is 17.3 Å². The number of benzene rings is 2. The van der Waals surface area contributed by atoms with Gasteiger partial charge in [0.05, 0.1) is 19.4 Å². The molecule has 0 spiro atoms. The van der Waals surface area contributed by atoms with E-state index in [2.05, 4.69) is 31.8 Å². The number of fused-ring (bicyclic) bond motifs is 2. The number of nitrogens with one attached hydrogen (secondary N) is 4. The van der Waals surface area contributed by atoms with E-state index in [1.807, 2.05) is 24.3 Å². The van der Waals surface area contributed by atoms with Gasteiger partial charge < -0.3 is 25.8 Å². The predicted molar refractivity (Wildman–Crippen MR) is 139 cm³/mol. The van der Waals surface area contributed by atoms with Crippen LogP contribution < -0.4 is 31.5 Å². The maximum Gasteiger partial charge on any atom is 0.349 e. The van der Waals surface area contributed by atoms with Gasteiger partial charge in [0.2, 0.25) is 0 Å². The molecule has 0 fully saturated rings. The van der Waals surface area contributed by atoms with Gasteiger partial charge in [-0.25, -0.2) is 9.78 Å². The first-order chi connectivity index (χ1) is 18.0. The topological polar surface area (TPSA) is 156 Å². The summed E-state index contributed by atoms with van der Waals surface area (Å²) in [4.78, 5) is 20.1. The number of nitrogens with zero attached hydrogens (tertiary/aromatic N) is 3. The smallest absolute Gasteiger partial charge is 0.349 e. The van der Waals surface area contributed by atoms with Crippen molar-refractivity contribution in [2.75, 3.05) is 24.8 Å². The van der Waals surface area contributed by atoms with Crippen molar-refractivity contribution < 1.29 is 9.47 Å². The molecule has 0 bridgehead atoms. The third-order valence-electron chi connectivity index (χ3n) is 6.61. The van der Waals surface area contributed by atoms with Crippen molar-refractivity contribution in [3.63, 3.8) is 0 Å². The van der Waals surface area contributed by atoms with Gasteiger partial charge in [-0.2, -0.15) is 4.68 Å². The van der Waals surface area contributed by atoms with Gasteiger partial charge in [-0.3, -0.25) is 10.4 Å². The Bertz CT molecular complexity index is 1560. The molecule has 11 heteroatoms. The summed E-state index contributed by atoms with van der Waals surface area (Å²) in [5, 5.41) is 19.2. The highest BCUT2D eigenvalue weighted by atomic mass is 16.5. The summed E-state index contributed by atoms with van der Waals surface area (Å²) in [6.45, 7) is 1.23. The molecule has 6 rings (SSSR count). The number of H-pyrrole nitrogens is 1. The number of nitrogen functional groups attached to an aromatic ring is 1. The summed E-state index contributed by atoms with van der Waals surface area (Å²) in [6.07, 6.45) is 3.33. The molecule has 4 heterocycles. The van der Waals surface area contributed by atoms with Gasteiger partial charge in [0.25, 0.3) is 0 Å². The standard InChI is InChI=1S/C26H26N8O3/c1-36-20-12-15(10-14-4-3-9-37-22(14)20)21(31-17-6-7-18-16(11-17)13-30-23(18)28)24-32-26(35)34(33-24)25-19(27)5-2-8-29-25/h2,5-8,10-12,21,31H,3-4,9,13,27H2,1H3,(H2,28,30)(H,32,33,35). The Kier molecular flexibility index (Phi) is 5.52. The molecule has 2 aromatic heterocycles. The molecule has 2 aliphatic heterocycles. The molecule has 1 atom stereocenters. The van der Waals surface area contributed by atoms with E-state index in [9.17, 15) is 4.79 Å². The zero-order chi connectivity index (χ0) is 25.5. The minimum Gasteiger partial charge on any atom is -0.493 e. The lowest BCUT2D eigenvalue weighted by Crippen LogP contribution is -2.18. The molecule has 0 radical (unpaired) electrons. The van der Waals surface area contributed by atoms with Crippen molar-refractivity contribution in [1.82, 2.24) is 25.1 Å². The molecule has 4 aromatic rings. The highest BCUT2D eigenvalue weighted by Crippen LogP contribution is 2.39. The first-order valence-electron chi connectivity index (χ1n) is 12.0. The summed E-state index contributed by atoms with van der Waals surface area (Å²) < 4.78 is 12.7. The number of aromatic nitrogens is 4. The maximum absolute atomic E-state index is 13.0. The molecule has 2 aromatic carbocycles. The Morgan fingerprint density at radius 2 is 2.14 bits per heavy atom. The summed E-state index contributed by atoms with van der Waals surface area (Å²) in [5.41, 5.74) is 10.6. The molecule has 0 saturated heterocycles. The molecule has 1 unspecified atom stereocenters. The summed E-state index contributed by atoms with van der Waals surface area (Å²) in [6, 6.07) is 12.6. The highest BCUT2D eigenvalue weighted by molar-refractivity contribution is 6.00. The fraction of sp³-hybridized carbons (Fsp3) is 0.231. The predicted octanol–water partition coefficient (Wildman–Crippen LogP) is 2.50. The second-order valence-electron chi connectivity index (χ2n) is 8.98. The monoisotopic (exact) mass is 498 g/mol. The number of ether oxygens (including phenoxy) is 2. The zero-order valence-electron chi connectivity index (χ0n) is 20.2. The van der Waals surface area contributed by atoms with Crippen molar-refractivity contribution in [3.05, 3.63) is 87.2 Å². The van der Waals surface area contributed by atoms with E-state index >= 15 is 0 Å². The van der Waals surface area contributed by atoms with Gasteiger partial charge in [0, 0.05) is 24.0 Å². The summed E-state index contributed by atoms with van der Waals surface area (Å²) in [7, 11) is 1.61. The Hall–Kier alpha value is -4.80. The number of nitrogens with two attached hydrogens (primary N) is 1. The number of pyridine rings is 1. The molecule has 0 aliphatic carbocycles. The zero-order valence-corrected chi connectivity index (χ0v) is 20.2. The van der Waals surface area contributed by atoms with Gasteiger partial charge in [0.15, 0.2) is 23.1 Å². The maximum atomic E-state index is 13.0. The average molecular weight is 499 g/mol. The molecular weight excluding hydrogens is 472 g/mol. The van der Waals surface area contributed by atoms with Crippen molar-refractivity contribution in [2.24, 2.45) is 0 Å². The van der Waals surface area contributed by atoms with E-state index in [-0.39, 0.29) is 5.82 Å². The first-order valence-corrected chi connectivity index (χ1v) is 12.0. The van der Waals surface area contributed by atoms with Crippen LogP contribution in [0, 0.1) is 5.41 Å². The Morgan fingerprint density at radius 3 is 2.97 bits per heavy atom. The lowest BCUT2D eigenvalue weighted by molar-refractivity contribution is 0.269. The molecular formula is C26H26N8O3. The number of aryl methyl sites for hydroxylation is 1. The fourth-order valence-corrected chi connectivity index (χ4v) is 4.82. The fourth-order valence-electron chi connectivity index (χ4n) is 4.82. The Balaban J connectivity index is 1.47. The third kappa shape index (κ3) is 4.03. The summed E-state index contributed by atoms with van der Waals surface area (Å²) >= 11 is 0. The van der Waals surface area contributed by atoms with Crippen molar-refractivity contribution >= 4 is 17.2 Å². The van der Waals surface area contributed by atoms with E-state index < -0.39 is 11.7 Å². The van der Waals surface area contributed by atoms with E-state index in [1.54, 1.807) is 25.4 Å². The quantitative estimate of drug-likeness (QED) is 0.271. The number of aromatic amines is 1. The number of anilines is 2. The van der Waals surface area contributed by atoms with Gasteiger partial charge in [-0.05, 0) is 72.0 Å². The number of amidine groups is 1. The minimum absolute atomic E-state index is 0.257. The van der Waals surface area contributed by atoms with Crippen LogP contribution >= 0.6 is 0 Å². The SMILES string of the molecule is COc1cc(C(Nc2ccc3c(c2)CNC3=N)c2nn(-c3ncccc3N)c(=O)[nH]2)cc2c1OCCC2. The van der Waals surface area contributed by atoms with Crippen LogP contribution in [0.25, 0.3) is 5.82 Å². The van der Waals surface area contributed by atoms with E-state index in [4.69, 9.17) is 20.6 Å². The van der Waals surface area contributed by atoms with Gasteiger partial charge in [-0.1, -0.05) is 0 Å². The van der Waals surface area contributed by atoms with Crippen LogP contribution in [-0.4, -0.2) is 39.3 Å². The second-order valence-corrected chi connectivity index (χ2v) is 8.98. The lowest BCUT2D eigenvalue weighted by Gasteiger charge is -2.24. The van der Waals surface area contributed by atoms with Crippen LogP contribution in [0.4, 0.5) is 11.4 Å². The average Bonchev–Trinajstić information content (AvgIpc) is 3.48. The Morgan fingerprint density at radius 1 is 1.24 bits per heavy atom.